The SMILES string of the molecule is COc1ccc(C2=NN(C(=O)CN(CCN3CCOCC3)C(=O)c3cccc(F)c3)[C@H](c3ccc(F)cc3)C2)cc1. The van der Waals surface area contributed by atoms with E-state index in [0.29, 0.717) is 37.6 Å². The van der Waals surface area contributed by atoms with Crippen LogP contribution >= 0.6 is 0 Å². The molecule has 0 spiro atoms. The van der Waals surface area contributed by atoms with Crippen LogP contribution in [0.2, 0.25) is 0 Å². The Bertz CT molecular complexity index is 1390. The molecule has 1 saturated heterocycles. The number of methoxy groups -OCH3 is 1. The molecule has 0 aromatic heterocycles. The van der Waals surface area contributed by atoms with Crippen molar-refractivity contribution in [3.05, 3.63) is 101 Å². The molecule has 0 unspecified atom stereocenters. The van der Waals surface area contributed by atoms with Crippen molar-refractivity contribution >= 4 is 17.5 Å². The first-order valence-electron chi connectivity index (χ1n) is 13.6. The number of halogens is 2. The second-order valence-corrected chi connectivity index (χ2v) is 9.98. The summed E-state index contributed by atoms with van der Waals surface area (Å²) in [4.78, 5) is 31.0. The highest BCUT2D eigenvalue weighted by Crippen LogP contribution is 2.33. The van der Waals surface area contributed by atoms with Gasteiger partial charge in [-0.15, -0.1) is 0 Å². The maximum atomic E-state index is 14.0. The van der Waals surface area contributed by atoms with Gasteiger partial charge in [-0.3, -0.25) is 14.5 Å². The average Bonchev–Trinajstić information content (AvgIpc) is 3.45. The number of hydrogen-bond donors (Lipinski definition) is 0. The number of ether oxygens (including phenoxy) is 2. The molecule has 1 atom stereocenters. The fourth-order valence-corrected chi connectivity index (χ4v) is 5.02. The number of amides is 2. The van der Waals surface area contributed by atoms with E-state index in [4.69, 9.17) is 9.47 Å². The van der Waals surface area contributed by atoms with E-state index in [1.165, 1.54) is 46.3 Å². The van der Waals surface area contributed by atoms with E-state index in [9.17, 15) is 18.4 Å². The summed E-state index contributed by atoms with van der Waals surface area (Å²) < 4.78 is 38.4. The van der Waals surface area contributed by atoms with Gasteiger partial charge in [-0.25, -0.2) is 13.8 Å². The van der Waals surface area contributed by atoms with Gasteiger partial charge < -0.3 is 14.4 Å². The summed E-state index contributed by atoms with van der Waals surface area (Å²) in [5.41, 5.74) is 2.40. The lowest BCUT2D eigenvalue weighted by Gasteiger charge is -2.31. The lowest BCUT2D eigenvalue weighted by Crippen LogP contribution is -2.46. The number of hydrogen-bond acceptors (Lipinski definition) is 6. The lowest BCUT2D eigenvalue weighted by molar-refractivity contribution is -0.133. The van der Waals surface area contributed by atoms with Crippen molar-refractivity contribution in [2.24, 2.45) is 5.10 Å². The zero-order valence-electron chi connectivity index (χ0n) is 22.8. The molecular formula is C31H32F2N4O4. The third-order valence-corrected chi connectivity index (χ3v) is 7.32. The Labute approximate surface area is 237 Å². The Morgan fingerprint density at radius 2 is 1.73 bits per heavy atom. The van der Waals surface area contributed by atoms with Gasteiger partial charge in [0.25, 0.3) is 11.8 Å². The fraction of sp³-hybridized carbons (Fsp3) is 0.323. The van der Waals surface area contributed by atoms with Crippen molar-refractivity contribution < 1.29 is 27.8 Å². The summed E-state index contributed by atoms with van der Waals surface area (Å²) in [6.07, 6.45) is 0.412. The Balaban J connectivity index is 1.41. The molecule has 0 saturated carbocycles. The van der Waals surface area contributed by atoms with Crippen LogP contribution in [0.25, 0.3) is 0 Å². The second kappa shape index (κ2) is 13.0. The van der Waals surface area contributed by atoms with Gasteiger partial charge in [-0.1, -0.05) is 18.2 Å². The molecule has 2 aliphatic rings. The van der Waals surface area contributed by atoms with Crippen molar-refractivity contribution in [1.82, 2.24) is 14.8 Å². The third kappa shape index (κ3) is 6.96. The van der Waals surface area contributed by atoms with E-state index >= 15 is 0 Å². The molecule has 41 heavy (non-hydrogen) atoms. The van der Waals surface area contributed by atoms with E-state index in [0.717, 1.165) is 24.2 Å². The first-order chi connectivity index (χ1) is 19.9. The Morgan fingerprint density at radius 1 is 1.00 bits per heavy atom. The van der Waals surface area contributed by atoms with E-state index in [1.807, 2.05) is 24.3 Å². The number of rotatable bonds is 9. The molecule has 214 valence electrons. The first kappa shape index (κ1) is 28.4. The number of morpholine rings is 1. The van der Waals surface area contributed by atoms with Gasteiger partial charge in [-0.2, -0.15) is 5.10 Å². The molecule has 1 fully saturated rings. The van der Waals surface area contributed by atoms with Crippen LogP contribution in [0.4, 0.5) is 8.78 Å². The highest BCUT2D eigenvalue weighted by Gasteiger charge is 2.34. The first-order valence-corrected chi connectivity index (χ1v) is 13.6. The summed E-state index contributed by atoms with van der Waals surface area (Å²) in [5.74, 6) is -1.05. The van der Waals surface area contributed by atoms with Crippen LogP contribution in [0.5, 0.6) is 5.75 Å². The van der Waals surface area contributed by atoms with Crippen LogP contribution in [0.1, 0.15) is 33.9 Å². The van der Waals surface area contributed by atoms with Crippen LogP contribution in [0.15, 0.2) is 77.9 Å². The minimum Gasteiger partial charge on any atom is -0.497 e. The minimum absolute atomic E-state index is 0.165. The largest absolute Gasteiger partial charge is 0.497 e. The summed E-state index contributed by atoms with van der Waals surface area (Å²) in [7, 11) is 1.59. The molecule has 2 aliphatic heterocycles. The standard InChI is InChI=1S/C31H32F2N4O4/c1-40-27-11-7-22(8-12-27)28-20-29(23-5-9-25(32)10-6-23)37(34-28)30(38)21-36(14-13-35-15-17-41-18-16-35)31(39)24-3-2-4-26(33)19-24/h2-12,19,29H,13-18,20-21H2,1H3/t29-/m0/s1. The average molecular weight is 563 g/mol. The highest BCUT2D eigenvalue weighted by molar-refractivity contribution is 6.03. The van der Waals surface area contributed by atoms with Crippen molar-refractivity contribution in [3.8, 4) is 5.75 Å². The predicted molar refractivity (Wildman–Crippen MR) is 150 cm³/mol. The summed E-state index contributed by atoms with van der Waals surface area (Å²) >= 11 is 0. The van der Waals surface area contributed by atoms with Gasteiger partial charge in [0.15, 0.2) is 0 Å². The number of nitrogens with zero attached hydrogens (tertiary/aromatic N) is 4. The maximum Gasteiger partial charge on any atom is 0.262 e. The van der Waals surface area contributed by atoms with Crippen LogP contribution in [-0.4, -0.2) is 85.4 Å². The predicted octanol–water partition coefficient (Wildman–Crippen LogP) is 4.13. The molecule has 5 rings (SSSR count). The molecule has 0 bridgehead atoms. The zero-order valence-corrected chi connectivity index (χ0v) is 22.8. The van der Waals surface area contributed by atoms with E-state index in [1.54, 1.807) is 19.2 Å². The normalized spacial score (nSPS) is 17.3. The maximum absolute atomic E-state index is 14.0. The van der Waals surface area contributed by atoms with Crippen molar-refractivity contribution in [2.75, 3.05) is 53.0 Å². The molecule has 8 nitrogen and oxygen atoms in total. The number of carbonyl (C=O) groups excluding carboxylic acids is 2. The number of carbonyl (C=O) groups is 2. The Hall–Kier alpha value is -4.15. The van der Waals surface area contributed by atoms with Crippen LogP contribution < -0.4 is 4.74 Å². The van der Waals surface area contributed by atoms with Gasteiger partial charge in [0.05, 0.1) is 32.1 Å². The molecule has 3 aromatic carbocycles. The van der Waals surface area contributed by atoms with E-state index < -0.39 is 23.7 Å². The molecule has 0 N–H and O–H groups in total. The van der Waals surface area contributed by atoms with Crippen molar-refractivity contribution in [2.45, 2.75) is 12.5 Å². The fourth-order valence-electron chi connectivity index (χ4n) is 5.02. The number of benzene rings is 3. The highest BCUT2D eigenvalue weighted by atomic mass is 19.1. The van der Waals surface area contributed by atoms with Gasteiger partial charge in [0, 0.05) is 38.2 Å². The topological polar surface area (TPSA) is 74.7 Å². The zero-order chi connectivity index (χ0) is 28.8. The molecule has 10 heteroatoms. The number of hydrazone groups is 1. The van der Waals surface area contributed by atoms with Gasteiger partial charge in [-0.05, 0) is 65.7 Å². The van der Waals surface area contributed by atoms with Gasteiger partial charge in [0.2, 0.25) is 0 Å². The molecule has 0 radical (unpaired) electrons. The second-order valence-electron chi connectivity index (χ2n) is 9.98. The van der Waals surface area contributed by atoms with Crippen LogP contribution in [0, 0.1) is 11.6 Å². The molecule has 3 aromatic rings. The molecule has 2 heterocycles. The van der Waals surface area contributed by atoms with Crippen LogP contribution in [-0.2, 0) is 9.53 Å². The summed E-state index contributed by atoms with van der Waals surface area (Å²) in [5, 5.41) is 6.07. The Morgan fingerprint density at radius 3 is 2.41 bits per heavy atom. The smallest absolute Gasteiger partial charge is 0.262 e. The summed E-state index contributed by atoms with van der Waals surface area (Å²) in [6.45, 7) is 3.22. The van der Waals surface area contributed by atoms with E-state index in [2.05, 4.69) is 10.0 Å². The van der Waals surface area contributed by atoms with Gasteiger partial charge >= 0.3 is 0 Å². The lowest BCUT2D eigenvalue weighted by atomic mass is 9.98. The van der Waals surface area contributed by atoms with Crippen LogP contribution in [0.3, 0.4) is 0 Å². The van der Waals surface area contributed by atoms with E-state index in [-0.39, 0.29) is 24.5 Å². The van der Waals surface area contributed by atoms with Crippen molar-refractivity contribution in [3.63, 3.8) is 0 Å². The quantitative estimate of drug-likeness (QED) is 0.392. The monoisotopic (exact) mass is 562 g/mol. The molecule has 2 amide bonds. The minimum atomic E-state index is -0.528. The van der Waals surface area contributed by atoms with Gasteiger partial charge in [0.1, 0.15) is 23.9 Å². The summed E-state index contributed by atoms with van der Waals surface area (Å²) in [6, 6.07) is 18.3. The third-order valence-electron chi connectivity index (χ3n) is 7.32. The van der Waals surface area contributed by atoms with Crippen molar-refractivity contribution in [1.29, 1.82) is 0 Å². The molecular weight excluding hydrogens is 530 g/mol. The Kier molecular flexibility index (Phi) is 9.01. The molecule has 0 aliphatic carbocycles.